The average molecular weight is 372 g/mol. The molecule has 0 radical (unpaired) electrons. The maximum Gasteiger partial charge on any atom is 0.235 e. The second-order valence-electron chi connectivity index (χ2n) is 6.28. The minimum Gasteiger partial charge on any atom is -0.461 e. The van der Waals surface area contributed by atoms with Gasteiger partial charge in [0.25, 0.3) is 0 Å². The molecule has 3 aromatic rings. The molecule has 4 rings (SSSR count). The van der Waals surface area contributed by atoms with Gasteiger partial charge in [0.05, 0.1) is 24.3 Å². The molecule has 0 spiro atoms. The van der Waals surface area contributed by atoms with Gasteiger partial charge < -0.3 is 14.3 Å². The van der Waals surface area contributed by atoms with Crippen LogP contribution < -0.4 is 5.32 Å². The second-order valence-corrected chi connectivity index (χ2v) is 7.22. The summed E-state index contributed by atoms with van der Waals surface area (Å²) in [6.45, 7) is 0. The van der Waals surface area contributed by atoms with E-state index in [0.717, 1.165) is 18.7 Å². The molecule has 1 aliphatic carbocycles. The summed E-state index contributed by atoms with van der Waals surface area (Å²) in [5.74, 6) is 2.21. The molecule has 1 N–H and O–H groups in total. The number of nitrogens with zero attached hydrogens (tertiary/aromatic N) is 5. The van der Waals surface area contributed by atoms with E-state index in [1.807, 2.05) is 28.4 Å². The Hall–Kier alpha value is -2.55. The molecule has 0 aliphatic heterocycles. The molecule has 26 heavy (non-hydrogen) atoms. The van der Waals surface area contributed by atoms with Crippen molar-refractivity contribution in [2.24, 2.45) is 7.05 Å². The van der Waals surface area contributed by atoms with Crippen LogP contribution in [0.5, 0.6) is 0 Å². The lowest BCUT2D eigenvalue weighted by Gasteiger charge is -2.14. The molecule has 1 saturated carbocycles. The van der Waals surface area contributed by atoms with Gasteiger partial charge in [-0.1, -0.05) is 24.6 Å². The number of carbonyl (C=O) groups is 1. The minimum absolute atomic E-state index is 0.0858. The Morgan fingerprint density at radius 2 is 2.19 bits per heavy atom. The number of aromatic nitrogens is 5. The average Bonchev–Trinajstić information content (AvgIpc) is 3.41. The molecule has 1 fully saturated rings. The van der Waals surface area contributed by atoms with Crippen molar-refractivity contribution in [3.63, 3.8) is 0 Å². The highest BCUT2D eigenvalue weighted by atomic mass is 32.2. The van der Waals surface area contributed by atoms with Crippen molar-refractivity contribution in [2.45, 2.75) is 36.9 Å². The summed E-state index contributed by atoms with van der Waals surface area (Å²) in [6.07, 6.45) is 8.01. The van der Waals surface area contributed by atoms with E-state index in [1.54, 1.807) is 18.5 Å². The Labute approximate surface area is 155 Å². The van der Waals surface area contributed by atoms with Crippen LogP contribution in [-0.2, 0) is 11.8 Å². The van der Waals surface area contributed by atoms with Crippen LogP contribution in [0.25, 0.3) is 11.6 Å². The molecule has 0 saturated heterocycles. The van der Waals surface area contributed by atoms with Crippen LogP contribution in [0.15, 0.2) is 40.2 Å². The van der Waals surface area contributed by atoms with E-state index in [0.29, 0.717) is 22.8 Å². The number of hydrogen-bond acceptors (Lipinski definition) is 6. The van der Waals surface area contributed by atoms with Crippen molar-refractivity contribution >= 4 is 23.5 Å². The number of thioether (sulfide) groups is 1. The Balaban J connectivity index is 1.37. The van der Waals surface area contributed by atoms with E-state index < -0.39 is 0 Å². The lowest BCUT2D eigenvalue weighted by Crippen LogP contribution is -2.19. The number of nitrogens with one attached hydrogen (secondary N) is 1. The summed E-state index contributed by atoms with van der Waals surface area (Å²) < 4.78 is 9.11. The molecule has 3 heterocycles. The van der Waals surface area contributed by atoms with Crippen molar-refractivity contribution in [3.8, 4) is 11.6 Å². The van der Waals surface area contributed by atoms with Crippen LogP contribution in [0.4, 0.5) is 5.82 Å². The van der Waals surface area contributed by atoms with E-state index in [4.69, 9.17) is 4.42 Å². The maximum absolute atomic E-state index is 12.3. The molecular formula is C17H20N6O2S. The van der Waals surface area contributed by atoms with Gasteiger partial charge in [0.2, 0.25) is 5.91 Å². The summed E-state index contributed by atoms with van der Waals surface area (Å²) in [7, 11) is 1.85. The first-order valence-electron chi connectivity index (χ1n) is 8.62. The fourth-order valence-electron chi connectivity index (χ4n) is 3.22. The third kappa shape index (κ3) is 3.39. The van der Waals surface area contributed by atoms with Crippen LogP contribution in [0.2, 0.25) is 0 Å². The predicted octanol–water partition coefficient (Wildman–Crippen LogP) is 3.12. The first kappa shape index (κ1) is 16.9. The van der Waals surface area contributed by atoms with Crippen molar-refractivity contribution < 1.29 is 9.21 Å². The van der Waals surface area contributed by atoms with Crippen molar-refractivity contribution in [3.05, 3.63) is 30.7 Å². The van der Waals surface area contributed by atoms with E-state index >= 15 is 0 Å². The monoisotopic (exact) mass is 372 g/mol. The summed E-state index contributed by atoms with van der Waals surface area (Å²) in [6, 6.07) is 5.87. The smallest absolute Gasteiger partial charge is 0.235 e. The van der Waals surface area contributed by atoms with E-state index in [2.05, 4.69) is 20.6 Å². The van der Waals surface area contributed by atoms with E-state index in [1.165, 1.54) is 24.6 Å². The van der Waals surface area contributed by atoms with Gasteiger partial charge in [-0.15, -0.1) is 10.2 Å². The quantitative estimate of drug-likeness (QED) is 0.669. The van der Waals surface area contributed by atoms with E-state index in [-0.39, 0.29) is 11.7 Å². The number of hydrogen-bond donors (Lipinski definition) is 1. The lowest BCUT2D eigenvalue weighted by atomic mass is 10.2. The molecule has 1 amide bonds. The fourth-order valence-corrected chi connectivity index (χ4v) is 3.93. The molecule has 0 unspecified atom stereocenters. The van der Waals surface area contributed by atoms with Crippen molar-refractivity contribution in [1.82, 2.24) is 24.5 Å². The zero-order valence-electron chi connectivity index (χ0n) is 14.5. The van der Waals surface area contributed by atoms with Crippen LogP contribution >= 0.6 is 11.8 Å². The van der Waals surface area contributed by atoms with Crippen LogP contribution in [0, 0.1) is 0 Å². The number of anilines is 1. The Bertz CT molecular complexity index is 879. The molecule has 0 aromatic carbocycles. The largest absolute Gasteiger partial charge is 0.461 e. The number of furan rings is 1. The summed E-state index contributed by atoms with van der Waals surface area (Å²) >= 11 is 1.34. The molecule has 3 aromatic heterocycles. The molecular weight excluding hydrogens is 352 g/mol. The topological polar surface area (TPSA) is 90.8 Å². The zero-order valence-corrected chi connectivity index (χ0v) is 15.3. The standard InChI is InChI=1S/C17H20N6O2S/c1-22-16(13-7-4-10-25-13)20-21-17(22)26-11-15(24)19-14-8-9-18-23(14)12-5-2-3-6-12/h4,7-10,12H,2-3,5-6,11H2,1H3,(H,19,24). The van der Waals surface area contributed by atoms with Gasteiger partial charge in [0, 0.05) is 13.1 Å². The summed E-state index contributed by atoms with van der Waals surface area (Å²) in [4.78, 5) is 12.3. The van der Waals surface area contributed by atoms with Gasteiger partial charge >= 0.3 is 0 Å². The first-order chi connectivity index (χ1) is 12.7. The minimum atomic E-state index is -0.0858. The third-order valence-electron chi connectivity index (χ3n) is 4.52. The molecule has 0 bridgehead atoms. The van der Waals surface area contributed by atoms with Gasteiger partial charge in [-0.3, -0.25) is 4.79 Å². The van der Waals surface area contributed by atoms with Gasteiger partial charge in [0.15, 0.2) is 16.7 Å². The molecule has 136 valence electrons. The number of rotatable bonds is 6. The van der Waals surface area contributed by atoms with Gasteiger partial charge in [0.1, 0.15) is 5.82 Å². The Morgan fingerprint density at radius 3 is 2.96 bits per heavy atom. The predicted molar refractivity (Wildman–Crippen MR) is 97.8 cm³/mol. The van der Waals surface area contributed by atoms with Crippen LogP contribution in [-0.4, -0.2) is 36.2 Å². The van der Waals surface area contributed by atoms with Gasteiger partial charge in [-0.25, -0.2) is 4.68 Å². The normalized spacial score (nSPS) is 14.8. The maximum atomic E-state index is 12.3. The fraction of sp³-hybridized carbons (Fsp3) is 0.412. The van der Waals surface area contributed by atoms with Crippen molar-refractivity contribution in [1.29, 1.82) is 0 Å². The first-order valence-corrected chi connectivity index (χ1v) is 9.60. The third-order valence-corrected chi connectivity index (χ3v) is 5.54. The lowest BCUT2D eigenvalue weighted by molar-refractivity contribution is -0.113. The molecule has 9 heteroatoms. The second kappa shape index (κ2) is 7.36. The highest BCUT2D eigenvalue weighted by Gasteiger charge is 2.21. The Morgan fingerprint density at radius 1 is 1.35 bits per heavy atom. The van der Waals surface area contributed by atoms with E-state index in [9.17, 15) is 4.79 Å². The molecule has 0 atom stereocenters. The number of carbonyl (C=O) groups excluding carboxylic acids is 1. The summed E-state index contributed by atoms with van der Waals surface area (Å²) in [5, 5.41) is 16.3. The summed E-state index contributed by atoms with van der Waals surface area (Å²) in [5.41, 5.74) is 0. The SMILES string of the molecule is Cn1c(SCC(=O)Nc2ccnn2C2CCCC2)nnc1-c1ccco1. The molecule has 1 aliphatic rings. The zero-order chi connectivity index (χ0) is 17.9. The van der Waals surface area contributed by atoms with Crippen molar-refractivity contribution in [2.75, 3.05) is 11.1 Å². The molecule has 8 nitrogen and oxygen atoms in total. The number of amides is 1. The van der Waals surface area contributed by atoms with Gasteiger partial charge in [-0.05, 0) is 25.0 Å². The van der Waals surface area contributed by atoms with Gasteiger partial charge in [-0.2, -0.15) is 5.10 Å². The van der Waals surface area contributed by atoms with Crippen LogP contribution in [0.3, 0.4) is 0 Å². The highest BCUT2D eigenvalue weighted by Crippen LogP contribution is 2.31. The van der Waals surface area contributed by atoms with Crippen LogP contribution in [0.1, 0.15) is 31.7 Å². The highest BCUT2D eigenvalue weighted by molar-refractivity contribution is 7.99. The Kier molecular flexibility index (Phi) is 4.79.